The van der Waals surface area contributed by atoms with Crippen LogP contribution < -0.4 is 10.1 Å². The van der Waals surface area contributed by atoms with Crippen LogP contribution in [-0.4, -0.2) is 43.8 Å². The molecule has 2 aromatic rings. The molecule has 0 aliphatic carbocycles. The van der Waals surface area contributed by atoms with Gasteiger partial charge in [-0.15, -0.1) is 0 Å². The Morgan fingerprint density at radius 3 is 2.40 bits per heavy atom. The number of nitro benzene ring substituents is 1. The van der Waals surface area contributed by atoms with Crippen molar-refractivity contribution in [2.45, 2.75) is 17.7 Å². The van der Waals surface area contributed by atoms with Crippen LogP contribution in [0.15, 0.2) is 47.4 Å². The molecule has 0 saturated carbocycles. The SMILES string of the molecule is COc1ccc(S(=O)(=O)N2CCC(C(=O)Nc3ccc(F)c([N+](=O)[O-])c3)CC2)cc1. The van der Waals surface area contributed by atoms with E-state index in [9.17, 15) is 27.7 Å². The first kappa shape index (κ1) is 21.7. The van der Waals surface area contributed by atoms with Crippen LogP contribution in [0.4, 0.5) is 15.8 Å². The summed E-state index contributed by atoms with van der Waals surface area (Å²) in [5, 5.41) is 13.4. The Balaban J connectivity index is 1.62. The largest absolute Gasteiger partial charge is 0.497 e. The number of piperidine rings is 1. The second-order valence-corrected chi connectivity index (χ2v) is 8.70. The van der Waals surface area contributed by atoms with Gasteiger partial charge >= 0.3 is 5.69 Å². The first-order valence-electron chi connectivity index (χ1n) is 9.11. The number of nitrogens with zero attached hydrogens (tertiary/aromatic N) is 2. The third-order valence-corrected chi connectivity index (χ3v) is 6.85. The van der Waals surface area contributed by atoms with Gasteiger partial charge in [-0.25, -0.2) is 8.42 Å². The summed E-state index contributed by atoms with van der Waals surface area (Å²) in [6.45, 7) is 0.325. The standard InChI is InChI=1S/C19H20FN3O6S/c1-29-15-3-5-16(6-4-15)30(27,28)22-10-8-13(9-11-22)19(24)21-14-2-7-17(20)18(12-14)23(25)26/h2-7,12-13H,8-11H2,1H3,(H,21,24). The number of nitrogens with one attached hydrogen (secondary N) is 1. The summed E-state index contributed by atoms with van der Waals surface area (Å²) < 4.78 is 45.3. The minimum atomic E-state index is -3.69. The number of hydrogen-bond acceptors (Lipinski definition) is 6. The number of methoxy groups -OCH3 is 1. The van der Waals surface area contributed by atoms with E-state index in [1.165, 1.54) is 29.6 Å². The Morgan fingerprint density at radius 1 is 1.20 bits per heavy atom. The Bertz CT molecular complexity index is 1050. The lowest BCUT2D eigenvalue weighted by Crippen LogP contribution is -2.41. The number of carbonyl (C=O) groups is 1. The molecular weight excluding hydrogens is 417 g/mol. The molecule has 1 amide bonds. The van der Waals surface area contributed by atoms with Gasteiger partial charge in [0, 0.05) is 30.8 Å². The maximum atomic E-state index is 13.4. The van der Waals surface area contributed by atoms with E-state index in [0.29, 0.717) is 18.6 Å². The van der Waals surface area contributed by atoms with Gasteiger partial charge in [-0.3, -0.25) is 14.9 Å². The highest BCUT2D eigenvalue weighted by Gasteiger charge is 2.32. The number of rotatable bonds is 6. The van der Waals surface area contributed by atoms with Crippen molar-refractivity contribution in [2.75, 3.05) is 25.5 Å². The fraction of sp³-hybridized carbons (Fsp3) is 0.316. The maximum absolute atomic E-state index is 13.4. The second-order valence-electron chi connectivity index (χ2n) is 6.77. The number of anilines is 1. The first-order valence-corrected chi connectivity index (χ1v) is 10.6. The van der Waals surface area contributed by atoms with Crippen molar-refractivity contribution in [3.63, 3.8) is 0 Å². The van der Waals surface area contributed by atoms with E-state index in [4.69, 9.17) is 4.74 Å². The molecule has 11 heteroatoms. The van der Waals surface area contributed by atoms with Crippen LogP contribution in [0.25, 0.3) is 0 Å². The van der Waals surface area contributed by atoms with Gasteiger partial charge in [0.05, 0.1) is 16.9 Å². The third-order valence-electron chi connectivity index (χ3n) is 4.93. The van der Waals surface area contributed by atoms with E-state index in [1.807, 2.05) is 0 Å². The predicted molar refractivity (Wildman–Crippen MR) is 106 cm³/mol. The number of halogens is 1. The number of hydrogen-bond donors (Lipinski definition) is 1. The van der Waals surface area contributed by atoms with Gasteiger partial charge in [0.15, 0.2) is 0 Å². The minimum absolute atomic E-state index is 0.112. The lowest BCUT2D eigenvalue weighted by atomic mass is 9.97. The molecule has 160 valence electrons. The van der Waals surface area contributed by atoms with Crippen molar-refractivity contribution in [3.05, 3.63) is 58.4 Å². The molecule has 0 spiro atoms. The van der Waals surface area contributed by atoms with Crippen LogP contribution in [0.3, 0.4) is 0 Å². The van der Waals surface area contributed by atoms with Crippen LogP contribution in [0, 0.1) is 21.8 Å². The molecule has 9 nitrogen and oxygen atoms in total. The zero-order chi connectivity index (χ0) is 21.9. The van der Waals surface area contributed by atoms with E-state index in [-0.39, 0.29) is 23.7 Å². The van der Waals surface area contributed by atoms with Gasteiger partial charge in [-0.05, 0) is 49.2 Å². The van der Waals surface area contributed by atoms with Crippen molar-refractivity contribution in [1.29, 1.82) is 0 Å². The molecule has 2 aromatic carbocycles. The Morgan fingerprint density at radius 2 is 1.83 bits per heavy atom. The quantitative estimate of drug-likeness (QED) is 0.548. The zero-order valence-corrected chi connectivity index (χ0v) is 16.9. The van der Waals surface area contributed by atoms with Crippen LogP contribution in [0.2, 0.25) is 0 Å². The summed E-state index contributed by atoms with van der Waals surface area (Å²) in [7, 11) is -2.20. The molecule has 1 aliphatic heterocycles. The number of benzene rings is 2. The molecule has 0 radical (unpaired) electrons. The van der Waals surface area contributed by atoms with Crippen molar-refractivity contribution in [3.8, 4) is 5.75 Å². The van der Waals surface area contributed by atoms with Crippen molar-refractivity contribution < 1.29 is 27.3 Å². The molecule has 0 aromatic heterocycles. The lowest BCUT2D eigenvalue weighted by molar-refractivity contribution is -0.387. The van der Waals surface area contributed by atoms with Gasteiger partial charge in [0.1, 0.15) is 5.75 Å². The van der Waals surface area contributed by atoms with E-state index in [1.54, 1.807) is 12.1 Å². The maximum Gasteiger partial charge on any atom is 0.306 e. The fourth-order valence-electron chi connectivity index (χ4n) is 3.23. The number of sulfonamides is 1. The van der Waals surface area contributed by atoms with E-state index in [0.717, 1.165) is 12.1 Å². The fourth-order valence-corrected chi connectivity index (χ4v) is 4.70. The average molecular weight is 437 g/mol. The van der Waals surface area contributed by atoms with Crippen molar-refractivity contribution in [1.82, 2.24) is 4.31 Å². The summed E-state index contributed by atoms with van der Waals surface area (Å²) in [5.74, 6) is -1.30. The van der Waals surface area contributed by atoms with Gasteiger partial charge < -0.3 is 10.1 Å². The highest BCUT2D eigenvalue weighted by Crippen LogP contribution is 2.27. The van der Waals surface area contributed by atoms with E-state index >= 15 is 0 Å². The molecule has 1 fully saturated rings. The molecule has 3 rings (SSSR count). The number of nitro groups is 1. The monoisotopic (exact) mass is 437 g/mol. The molecule has 1 saturated heterocycles. The first-order chi connectivity index (χ1) is 14.2. The summed E-state index contributed by atoms with van der Waals surface area (Å²) >= 11 is 0. The minimum Gasteiger partial charge on any atom is -0.497 e. The number of ether oxygens (including phenoxy) is 1. The van der Waals surface area contributed by atoms with Crippen LogP contribution >= 0.6 is 0 Å². The van der Waals surface area contributed by atoms with Gasteiger partial charge in [0.2, 0.25) is 21.7 Å². The zero-order valence-electron chi connectivity index (χ0n) is 16.1. The van der Waals surface area contributed by atoms with Crippen LogP contribution in [0.5, 0.6) is 5.75 Å². The average Bonchev–Trinajstić information content (AvgIpc) is 2.75. The molecule has 1 heterocycles. The van der Waals surface area contributed by atoms with Crippen molar-refractivity contribution >= 4 is 27.3 Å². The number of amides is 1. The normalized spacial score (nSPS) is 15.5. The van der Waals surface area contributed by atoms with E-state index < -0.39 is 38.3 Å². The van der Waals surface area contributed by atoms with Crippen LogP contribution in [-0.2, 0) is 14.8 Å². The summed E-state index contributed by atoms with van der Waals surface area (Å²) in [4.78, 5) is 22.6. The smallest absolute Gasteiger partial charge is 0.306 e. The summed E-state index contributed by atoms with van der Waals surface area (Å²) in [6.07, 6.45) is 0.592. The highest BCUT2D eigenvalue weighted by atomic mass is 32.2. The lowest BCUT2D eigenvalue weighted by Gasteiger charge is -2.30. The Hall–Kier alpha value is -3.05. The summed E-state index contributed by atoms with van der Waals surface area (Å²) in [5.41, 5.74) is -0.616. The molecule has 0 bridgehead atoms. The summed E-state index contributed by atoms with van der Waals surface area (Å²) in [6, 6.07) is 9.17. The third kappa shape index (κ3) is 4.57. The molecule has 1 aliphatic rings. The van der Waals surface area contributed by atoms with Gasteiger partial charge in [0.25, 0.3) is 0 Å². The molecule has 0 unspecified atom stereocenters. The highest BCUT2D eigenvalue weighted by molar-refractivity contribution is 7.89. The second kappa shape index (κ2) is 8.76. The predicted octanol–water partition coefficient (Wildman–Crippen LogP) is 2.78. The van der Waals surface area contributed by atoms with Crippen molar-refractivity contribution in [2.24, 2.45) is 5.92 Å². The molecular formula is C19H20FN3O6S. The van der Waals surface area contributed by atoms with Gasteiger partial charge in [-0.1, -0.05) is 0 Å². The van der Waals surface area contributed by atoms with E-state index in [2.05, 4.69) is 5.32 Å². The topological polar surface area (TPSA) is 119 Å². The molecule has 1 N–H and O–H groups in total. The van der Waals surface area contributed by atoms with Gasteiger partial charge in [-0.2, -0.15) is 8.70 Å². The molecule has 0 atom stereocenters. The Labute approximate surface area is 172 Å². The number of carbonyl (C=O) groups excluding carboxylic acids is 1. The molecule has 30 heavy (non-hydrogen) atoms. The van der Waals surface area contributed by atoms with Crippen LogP contribution in [0.1, 0.15) is 12.8 Å². The Kier molecular flexibility index (Phi) is 6.32.